The second-order valence-electron chi connectivity index (χ2n) is 4.77. The van der Waals surface area contributed by atoms with Gasteiger partial charge in [0.25, 0.3) is 0 Å². The van der Waals surface area contributed by atoms with E-state index < -0.39 is 0 Å². The van der Waals surface area contributed by atoms with E-state index in [0.717, 1.165) is 39.6 Å². The van der Waals surface area contributed by atoms with E-state index in [1.54, 1.807) is 0 Å². The molecule has 2 aromatic heterocycles. The van der Waals surface area contributed by atoms with Gasteiger partial charge in [0, 0.05) is 19.2 Å². The van der Waals surface area contributed by atoms with Gasteiger partial charge in [-0.2, -0.15) is 0 Å². The van der Waals surface area contributed by atoms with Gasteiger partial charge < -0.3 is 15.3 Å². The topological polar surface area (TPSA) is 72.5 Å². The smallest absolute Gasteiger partial charge is 0.106 e. The number of benzene rings is 1. The first-order chi connectivity index (χ1) is 9.10. The molecule has 1 aromatic carbocycles. The lowest BCUT2D eigenvalue weighted by atomic mass is 10.1. The van der Waals surface area contributed by atoms with E-state index >= 15 is 0 Å². The number of nitrogens with one attached hydrogen (secondary N) is 1. The summed E-state index contributed by atoms with van der Waals surface area (Å²) in [7, 11) is 2.01. The molecule has 0 aliphatic rings. The maximum absolute atomic E-state index is 5.79. The van der Waals surface area contributed by atoms with E-state index in [2.05, 4.69) is 31.7 Å². The van der Waals surface area contributed by atoms with Gasteiger partial charge >= 0.3 is 0 Å². The van der Waals surface area contributed by atoms with Crippen LogP contribution in [0.5, 0.6) is 0 Å². The molecule has 3 aromatic rings. The molecule has 0 spiro atoms. The van der Waals surface area contributed by atoms with Crippen molar-refractivity contribution in [1.82, 2.24) is 19.5 Å². The Hall–Kier alpha value is -2.14. The summed E-state index contributed by atoms with van der Waals surface area (Å²) in [5.41, 5.74) is 10.9. The molecule has 0 fully saturated rings. The van der Waals surface area contributed by atoms with Crippen LogP contribution in [0.3, 0.4) is 0 Å². The largest absolute Gasteiger partial charge is 0.342 e. The monoisotopic (exact) mass is 255 g/mol. The predicted molar refractivity (Wildman–Crippen MR) is 75.7 cm³/mol. The van der Waals surface area contributed by atoms with Gasteiger partial charge in [-0.3, -0.25) is 0 Å². The van der Waals surface area contributed by atoms with E-state index in [1.807, 2.05) is 27.0 Å². The molecule has 19 heavy (non-hydrogen) atoms. The highest BCUT2D eigenvalue weighted by molar-refractivity contribution is 5.81. The van der Waals surface area contributed by atoms with Crippen LogP contribution in [0.4, 0.5) is 0 Å². The zero-order valence-electron chi connectivity index (χ0n) is 11.4. The summed E-state index contributed by atoms with van der Waals surface area (Å²) in [6, 6.07) is 6.19. The first kappa shape index (κ1) is 11.9. The third kappa shape index (κ3) is 1.82. The van der Waals surface area contributed by atoms with E-state index in [9.17, 15) is 0 Å². The molecule has 2 heterocycles. The van der Waals surface area contributed by atoms with Gasteiger partial charge in [0.1, 0.15) is 11.6 Å². The number of aryl methyl sites for hydroxylation is 2. The summed E-state index contributed by atoms with van der Waals surface area (Å²) >= 11 is 0. The molecule has 98 valence electrons. The van der Waals surface area contributed by atoms with Gasteiger partial charge in [0.2, 0.25) is 0 Å². The Labute approximate surface area is 111 Å². The van der Waals surface area contributed by atoms with Crippen LogP contribution in [-0.2, 0) is 13.6 Å². The Kier molecular flexibility index (Phi) is 2.64. The molecule has 0 saturated carbocycles. The standard InChI is InChI=1S/C14H17N5/c1-8-16-11-5-4-10(6-12(11)17-8)14-13(7-15)18-9(2)19(14)3/h4-6H,7,15H2,1-3H3,(H,16,17). The Bertz CT molecular complexity index is 751. The minimum absolute atomic E-state index is 0.442. The van der Waals surface area contributed by atoms with Gasteiger partial charge in [-0.1, -0.05) is 6.07 Å². The second kappa shape index (κ2) is 4.20. The highest BCUT2D eigenvalue weighted by atomic mass is 15.1. The maximum Gasteiger partial charge on any atom is 0.106 e. The van der Waals surface area contributed by atoms with Gasteiger partial charge in [0.15, 0.2) is 0 Å². The summed E-state index contributed by atoms with van der Waals surface area (Å²) in [4.78, 5) is 12.2. The third-order valence-corrected chi connectivity index (χ3v) is 3.46. The molecule has 3 rings (SSSR count). The second-order valence-corrected chi connectivity index (χ2v) is 4.77. The Balaban J connectivity index is 2.23. The number of hydrogen-bond acceptors (Lipinski definition) is 3. The van der Waals surface area contributed by atoms with Crippen LogP contribution in [0, 0.1) is 13.8 Å². The van der Waals surface area contributed by atoms with E-state index in [-0.39, 0.29) is 0 Å². The zero-order valence-corrected chi connectivity index (χ0v) is 11.4. The van der Waals surface area contributed by atoms with Crippen molar-refractivity contribution in [2.24, 2.45) is 12.8 Å². The summed E-state index contributed by atoms with van der Waals surface area (Å²) < 4.78 is 2.08. The molecule has 3 N–H and O–H groups in total. The molecular formula is C14H17N5. The van der Waals surface area contributed by atoms with Gasteiger partial charge in [-0.15, -0.1) is 0 Å². The third-order valence-electron chi connectivity index (χ3n) is 3.46. The molecule has 5 heteroatoms. The minimum Gasteiger partial charge on any atom is -0.342 e. The molecule has 0 aliphatic heterocycles. The van der Waals surface area contributed by atoms with Crippen LogP contribution in [0.2, 0.25) is 0 Å². The number of hydrogen-bond donors (Lipinski definition) is 2. The lowest BCUT2D eigenvalue weighted by molar-refractivity contribution is 0.865. The normalized spacial score (nSPS) is 11.4. The van der Waals surface area contributed by atoms with Crippen molar-refractivity contribution >= 4 is 11.0 Å². The number of aromatic nitrogens is 4. The van der Waals surface area contributed by atoms with Crippen LogP contribution in [0.15, 0.2) is 18.2 Å². The molecule has 0 aliphatic carbocycles. The SMILES string of the molecule is Cc1nc2ccc(-c3c(CN)nc(C)n3C)cc2[nH]1. The molecule has 0 bridgehead atoms. The number of aromatic amines is 1. The van der Waals surface area contributed by atoms with Gasteiger partial charge in [-0.25, -0.2) is 9.97 Å². The van der Waals surface area contributed by atoms with Gasteiger partial charge in [0.05, 0.1) is 22.4 Å². The van der Waals surface area contributed by atoms with E-state index in [1.165, 1.54) is 0 Å². The summed E-state index contributed by atoms with van der Waals surface area (Å²) in [5, 5.41) is 0. The maximum atomic E-state index is 5.79. The molecule has 5 nitrogen and oxygen atoms in total. The molecule has 0 amide bonds. The van der Waals surface area contributed by atoms with E-state index in [4.69, 9.17) is 5.73 Å². The Morgan fingerprint density at radius 1 is 1.26 bits per heavy atom. The Morgan fingerprint density at radius 3 is 2.79 bits per heavy atom. The number of rotatable bonds is 2. The summed E-state index contributed by atoms with van der Waals surface area (Å²) in [6.07, 6.45) is 0. The van der Waals surface area contributed by atoms with Crippen molar-refractivity contribution in [2.45, 2.75) is 20.4 Å². The fraction of sp³-hybridized carbons (Fsp3) is 0.286. The van der Waals surface area contributed by atoms with Crippen molar-refractivity contribution in [1.29, 1.82) is 0 Å². The van der Waals surface area contributed by atoms with Crippen LogP contribution >= 0.6 is 0 Å². The average Bonchev–Trinajstić information content (AvgIpc) is 2.88. The first-order valence-corrected chi connectivity index (χ1v) is 6.29. The Morgan fingerprint density at radius 2 is 2.05 bits per heavy atom. The van der Waals surface area contributed by atoms with E-state index in [0.29, 0.717) is 6.54 Å². The minimum atomic E-state index is 0.442. The summed E-state index contributed by atoms with van der Waals surface area (Å²) in [6.45, 7) is 4.39. The lowest BCUT2D eigenvalue weighted by Gasteiger charge is -2.06. The summed E-state index contributed by atoms with van der Waals surface area (Å²) in [5.74, 6) is 1.89. The van der Waals surface area contributed by atoms with Crippen molar-refractivity contribution in [3.63, 3.8) is 0 Å². The van der Waals surface area contributed by atoms with Gasteiger partial charge in [-0.05, 0) is 26.0 Å². The van der Waals surface area contributed by atoms with Crippen molar-refractivity contribution in [3.8, 4) is 11.3 Å². The van der Waals surface area contributed by atoms with Crippen LogP contribution in [0.25, 0.3) is 22.3 Å². The molecule has 0 atom stereocenters. The fourth-order valence-corrected chi connectivity index (χ4v) is 2.47. The van der Waals surface area contributed by atoms with Crippen molar-refractivity contribution in [3.05, 3.63) is 35.5 Å². The molecule has 0 saturated heterocycles. The zero-order chi connectivity index (χ0) is 13.6. The first-order valence-electron chi connectivity index (χ1n) is 6.29. The number of fused-ring (bicyclic) bond motifs is 1. The van der Waals surface area contributed by atoms with Crippen molar-refractivity contribution in [2.75, 3.05) is 0 Å². The molecule has 0 radical (unpaired) electrons. The quantitative estimate of drug-likeness (QED) is 0.736. The number of nitrogens with two attached hydrogens (primary N) is 1. The predicted octanol–water partition coefficient (Wildman–Crippen LogP) is 2.04. The van der Waals surface area contributed by atoms with Crippen LogP contribution in [-0.4, -0.2) is 19.5 Å². The number of imidazole rings is 2. The van der Waals surface area contributed by atoms with Crippen molar-refractivity contribution < 1.29 is 0 Å². The lowest BCUT2D eigenvalue weighted by Crippen LogP contribution is -2.00. The molecular weight excluding hydrogens is 238 g/mol. The van der Waals surface area contributed by atoms with Crippen LogP contribution in [0.1, 0.15) is 17.3 Å². The number of nitrogens with zero attached hydrogens (tertiary/aromatic N) is 3. The average molecular weight is 255 g/mol. The number of H-pyrrole nitrogens is 1. The highest BCUT2D eigenvalue weighted by Crippen LogP contribution is 2.26. The fourth-order valence-electron chi connectivity index (χ4n) is 2.47. The van der Waals surface area contributed by atoms with Crippen LogP contribution < -0.4 is 5.73 Å². The highest BCUT2D eigenvalue weighted by Gasteiger charge is 2.13. The molecule has 0 unspecified atom stereocenters.